The predicted octanol–water partition coefficient (Wildman–Crippen LogP) is 1.36. The molecule has 14 heavy (non-hydrogen) atoms. The van der Waals surface area contributed by atoms with E-state index < -0.39 is 11.8 Å². The maximum absolute atomic E-state index is 12.7. The highest BCUT2D eigenvalue weighted by Gasteiger charge is 2.08. The van der Waals surface area contributed by atoms with E-state index in [4.69, 9.17) is 5.21 Å². The molecule has 0 aliphatic heterocycles. The molecule has 5 heteroatoms. The van der Waals surface area contributed by atoms with Crippen LogP contribution in [0.15, 0.2) is 24.3 Å². The van der Waals surface area contributed by atoms with Crippen molar-refractivity contribution in [3.63, 3.8) is 0 Å². The van der Waals surface area contributed by atoms with E-state index in [2.05, 4.69) is 5.32 Å². The predicted molar refractivity (Wildman–Crippen MR) is 48.2 cm³/mol. The first-order valence-corrected chi connectivity index (χ1v) is 4.06. The van der Waals surface area contributed by atoms with E-state index in [1.165, 1.54) is 25.2 Å². The molecule has 0 bridgehead atoms. The second-order valence-corrected chi connectivity index (χ2v) is 2.74. The Labute approximate surface area is 80.9 Å². The Morgan fingerprint density at radius 2 is 2.36 bits per heavy atom. The molecular weight excluding hydrogens is 187 g/mol. The lowest BCUT2D eigenvalue weighted by Crippen LogP contribution is -2.34. The molecule has 76 valence electrons. The number of hydrogen-bond acceptors (Lipinski definition) is 2. The number of urea groups is 1. The van der Waals surface area contributed by atoms with E-state index in [1.807, 2.05) is 0 Å². The topological polar surface area (TPSA) is 52.6 Å². The van der Waals surface area contributed by atoms with Crippen LogP contribution in [0.25, 0.3) is 0 Å². The van der Waals surface area contributed by atoms with Crippen LogP contribution >= 0.6 is 0 Å². The van der Waals surface area contributed by atoms with E-state index in [0.717, 1.165) is 0 Å². The molecule has 0 atom stereocenters. The van der Waals surface area contributed by atoms with Crippen LogP contribution in [-0.4, -0.2) is 23.3 Å². The zero-order valence-corrected chi connectivity index (χ0v) is 7.70. The number of hydroxylamine groups is 2. The Morgan fingerprint density at radius 3 is 2.93 bits per heavy atom. The van der Waals surface area contributed by atoms with Crippen LogP contribution in [0.3, 0.4) is 0 Å². The molecule has 0 heterocycles. The van der Waals surface area contributed by atoms with Crippen LogP contribution in [0.4, 0.5) is 9.18 Å². The average Bonchev–Trinajstić information content (AvgIpc) is 2.16. The molecule has 2 amide bonds. The number of hydrogen-bond donors (Lipinski definition) is 2. The van der Waals surface area contributed by atoms with Gasteiger partial charge in [0.05, 0.1) is 6.54 Å². The number of carbonyl (C=O) groups excluding carboxylic acids is 1. The average molecular weight is 198 g/mol. The van der Waals surface area contributed by atoms with E-state index >= 15 is 0 Å². The zero-order valence-electron chi connectivity index (χ0n) is 7.70. The molecule has 0 aromatic heterocycles. The molecule has 0 fully saturated rings. The monoisotopic (exact) mass is 198 g/mol. The third kappa shape index (κ3) is 2.70. The highest BCUT2D eigenvalue weighted by Crippen LogP contribution is 2.05. The maximum Gasteiger partial charge on any atom is 0.341 e. The van der Waals surface area contributed by atoms with Gasteiger partial charge in [-0.1, -0.05) is 12.1 Å². The van der Waals surface area contributed by atoms with Gasteiger partial charge in [0.1, 0.15) is 5.82 Å². The second-order valence-electron chi connectivity index (χ2n) is 2.74. The quantitative estimate of drug-likeness (QED) is 0.556. The lowest BCUT2D eigenvalue weighted by Gasteiger charge is -2.13. The molecular formula is C9H11FN2O2. The van der Waals surface area contributed by atoms with E-state index in [1.54, 1.807) is 6.07 Å². The smallest absolute Gasteiger partial charge is 0.339 e. The standard InChI is InChI=1S/C9H11FN2O2/c1-11-9(13)12(14)6-7-3-2-4-8(10)5-7/h2-5,14H,6H2,1H3,(H,11,13). The van der Waals surface area contributed by atoms with Gasteiger partial charge in [-0.05, 0) is 17.7 Å². The molecule has 0 unspecified atom stereocenters. The van der Waals surface area contributed by atoms with Crippen LogP contribution in [-0.2, 0) is 6.54 Å². The summed E-state index contributed by atoms with van der Waals surface area (Å²) in [6.45, 7) is -0.0442. The molecule has 0 aliphatic carbocycles. The molecule has 4 nitrogen and oxygen atoms in total. The number of nitrogens with one attached hydrogen (secondary N) is 1. The zero-order chi connectivity index (χ0) is 10.6. The van der Waals surface area contributed by atoms with Crippen molar-refractivity contribution in [1.82, 2.24) is 10.4 Å². The van der Waals surface area contributed by atoms with Gasteiger partial charge in [-0.25, -0.2) is 14.2 Å². The maximum atomic E-state index is 12.7. The summed E-state index contributed by atoms with van der Waals surface area (Å²) in [5.41, 5.74) is 0.524. The summed E-state index contributed by atoms with van der Waals surface area (Å²) in [6.07, 6.45) is 0. The van der Waals surface area contributed by atoms with Crippen LogP contribution < -0.4 is 5.32 Å². The summed E-state index contributed by atoms with van der Waals surface area (Å²) >= 11 is 0. The SMILES string of the molecule is CNC(=O)N(O)Cc1cccc(F)c1. The Kier molecular flexibility index (Phi) is 3.41. The number of nitrogens with zero attached hydrogens (tertiary/aromatic N) is 1. The van der Waals surface area contributed by atoms with Gasteiger partial charge in [0.25, 0.3) is 0 Å². The number of halogens is 1. The minimum absolute atomic E-state index is 0.0442. The van der Waals surface area contributed by atoms with Crippen molar-refractivity contribution >= 4 is 6.03 Å². The van der Waals surface area contributed by atoms with Crippen molar-refractivity contribution in [3.8, 4) is 0 Å². The molecule has 0 saturated carbocycles. The molecule has 1 rings (SSSR count). The third-order valence-corrected chi connectivity index (χ3v) is 1.67. The fourth-order valence-corrected chi connectivity index (χ4v) is 1.01. The minimum Gasteiger partial charge on any atom is -0.339 e. The van der Waals surface area contributed by atoms with Crippen LogP contribution in [0, 0.1) is 5.82 Å². The van der Waals surface area contributed by atoms with E-state index in [0.29, 0.717) is 10.6 Å². The van der Waals surface area contributed by atoms with Gasteiger partial charge >= 0.3 is 6.03 Å². The van der Waals surface area contributed by atoms with Crippen LogP contribution in [0.2, 0.25) is 0 Å². The Bertz CT molecular complexity index is 330. The van der Waals surface area contributed by atoms with Gasteiger partial charge in [0, 0.05) is 7.05 Å². The van der Waals surface area contributed by atoms with Crippen LogP contribution in [0.1, 0.15) is 5.56 Å². The van der Waals surface area contributed by atoms with E-state index in [9.17, 15) is 9.18 Å². The Balaban J connectivity index is 2.64. The summed E-state index contributed by atoms with van der Waals surface area (Å²) in [5, 5.41) is 11.9. The summed E-state index contributed by atoms with van der Waals surface area (Å²) in [6, 6.07) is 5.06. The molecule has 0 saturated heterocycles. The largest absolute Gasteiger partial charge is 0.341 e. The molecule has 1 aromatic rings. The molecule has 2 N–H and O–H groups in total. The summed E-state index contributed by atoms with van der Waals surface area (Å²) < 4.78 is 12.7. The fraction of sp³-hybridized carbons (Fsp3) is 0.222. The summed E-state index contributed by atoms with van der Waals surface area (Å²) in [7, 11) is 1.40. The lowest BCUT2D eigenvalue weighted by atomic mass is 10.2. The Morgan fingerprint density at radius 1 is 1.64 bits per heavy atom. The minimum atomic E-state index is -0.630. The van der Waals surface area contributed by atoms with Gasteiger partial charge in [-0.15, -0.1) is 0 Å². The van der Waals surface area contributed by atoms with Gasteiger partial charge in [0.2, 0.25) is 0 Å². The summed E-state index contributed by atoms with van der Waals surface area (Å²) in [5.74, 6) is -0.396. The number of benzene rings is 1. The molecule has 0 radical (unpaired) electrons. The first kappa shape index (κ1) is 10.5. The van der Waals surface area contributed by atoms with Crippen molar-refractivity contribution in [2.24, 2.45) is 0 Å². The van der Waals surface area contributed by atoms with E-state index in [-0.39, 0.29) is 6.54 Å². The number of carbonyl (C=O) groups is 1. The molecule has 0 aliphatic rings. The van der Waals surface area contributed by atoms with Crippen molar-refractivity contribution in [2.75, 3.05) is 7.05 Å². The van der Waals surface area contributed by atoms with Gasteiger partial charge < -0.3 is 5.32 Å². The second kappa shape index (κ2) is 4.57. The van der Waals surface area contributed by atoms with Crippen molar-refractivity contribution in [1.29, 1.82) is 0 Å². The van der Waals surface area contributed by atoms with Crippen molar-refractivity contribution < 1.29 is 14.4 Å². The number of amides is 2. The lowest BCUT2D eigenvalue weighted by molar-refractivity contribution is -0.0501. The summed E-state index contributed by atoms with van der Waals surface area (Å²) in [4.78, 5) is 10.9. The first-order chi connectivity index (χ1) is 6.63. The van der Waals surface area contributed by atoms with Gasteiger partial charge in [0.15, 0.2) is 0 Å². The number of rotatable bonds is 2. The van der Waals surface area contributed by atoms with Gasteiger partial charge in [-0.2, -0.15) is 0 Å². The fourth-order valence-electron chi connectivity index (χ4n) is 1.01. The highest BCUT2D eigenvalue weighted by atomic mass is 19.1. The van der Waals surface area contributed by atoms with Gasteiger partial charge in [-0.3, -0.25) is 5.21 Å². The molecule has 1 aromatic carbocycles. The third-order valence-electron chi connectivity index (χ3n) is 1.67. The van der Waals surface area contributed by atoms with Crippen LogP contribution in [0.5, 0.6) is 0 Å². The van der Waals surface area contributed by atoms with Crippen molar-refractivity contribution in [2.45, 2.75) is 6.54 Å². The van der Waals surface area contributed by atoms with Crippen molar-refractivity contribution in [3.05, 3.63) is 35.6 Å². The first-order valence-electron chi connectivity index (χ1n) is 4.06. The normalized spacial score (nSPS) is 9.64. The Hall–Kier alpha value is -1.62. The highest BCUT2D eigenvalue weighted by molar-refractivity contribution is 5.72. The molecule has 0 spiro atoms.